The number of nitrogens with one attached hydrogen (secondary N) is 2. The van der Waals surface area contributed by atoms with Crippen molar-refractivity contribution in [1.82, 2.24) is 10.8 Å². The number of nitrogens with zero attached hydrogens (tertiary/aromatic N) is 3. The molecular weight excluding hydrogens is 370 g/mol. The number of hydroxylamine groups is 1. The first kappa shape index (κ1) is 24.0. The van der Waals surface area contributed by atoms with E-state index >= 15 is 0 Å². The molecule has 2 amide bonds. The fourth-order valence-corrected chi connectivity index (χ4v) is 2.77. The van der Waals surface area contributed by atoms with E-state index in [9.17, 15) is 9.59 Å². The number of aliphatic imine (C=N–C) groups is 2. The summed E-state index contributed by atoms with van der Waals surface area (Å²) in [7, 11) is 0. The number of hydrogen-bond donors (Lipinski definition) is 3. The Kier molecular flexibility index (Phi) is 11.7. The van der Waals surface area contributed by atoms with Crippen molar-refractivity contribution in [1.29, 1.82) is 0 Å². The normalized spacial score (nSPS) is 11.3. The minimum Gasteiger partial charge on any atom is -0.352 e. The number of anilines is 1. The molecule has 0 saturated heterocycles. The molecule has 0 unspecified atom stereocenters. The van der Waals surface area contributed by atoms with Crippen LogP contribution in [-0.2, 0) is 4.79 Å². The zero-order valence-electron chi connectivity index (χ0n) is 17.2. The van der Waals surface area contributed by atoms with Crippen LogP contribution in [0.4, 0.5) is 5.69 Å². The highest BCUT2D eigenvalue weighted by Crippen LogP contribution is 2.16. The second kappa shape index (κ2) is 14.1. The number of rotatable bonds is 12. The van der Waals surface area contributed by atoms with Gasteiger partial charge in [0.2, 0.25) is 5.91 Å². The molecule has 0 radical (unpaired) electrons. The van der Waals surface area contributed by atoms with Crippen LogP contribution in [0.15, 0.2) is 46.7 Å². The molecule has 158 valence electrons. The zero-order valence-corrected chi connectivity index (χ0v) is 17.2. The maximum absolute atomic E-state index is 12.3. The van der Waals surface area contributed by atoms with Crippen molar-refractivity contribution in [2.75, 3.05) is 18.0 Å². The molecule has 1 rings (SSSR count). The number of amides is 2. The molecule has 0 spiro atoms. The van der Waals surface area contributed by atoms with Crippen molar-refractivity contribution in [3.05, 3.63) is 42.2 Å². The molecule has 0 saturated carbocycles. The van der Waals surface area contributed by atoms with Crippen LogP contribution < -0.4 is 15.7 Å². The van der Waals surface area contributed by atoms with Gasteiger partial charge >= 0.3 is 0 Å². The largest absolute Gasteiger partial charge is 0.352 e. The highest BCUT2D eigenvalue weighted by Gasteiger charge is 2.09. The van der Waals surface area contributed by atoms with Crippen molar-refractivity contribution in [3.8, 4) is 0 Å². The zero-order chi connectivity index (χ0) is 21.5. The molecule has 0 aliphatic rings. The van der Waals surface area contributed by atoms with E-state index in [4.69, 9.17) is 5.21 Å². The molecule has 0 heterocycles. The molecule has 3 N–H and O–H groups in total. The van der Waals surface area contributed by atoms with Gasteiger partial charge in [0.05, 0.1) is 0 Å². The third-order valence-electron chi connectivity index (χ3n) is 4.32. The third-order valence-corrected chi connectivity index (χ3v) is 4.32. The van der Waals surface area contributed by atoms with Crippen LogP contribution in [0.1, 0.15) is 56.3 Å². The van der Waals surface area contributed by atoms with E-state index in [1.807, 2.05) is 30.9 Å². The van der Waals surface area contributed by atoms with Gasteiger partial charge in [0.25, 0.3) is 5.91 Å². The summed E-state index contributed by atoms with van der Waals surface area (Å²) in [5, 5.41) is 11.3. The Labute approximate surface area is 172 Å². The van der Waals surface area contributed by atoms with Crippen molar-refractivity contribution in [3.63, 3.8) is 0 Å². The van der Waals surface area contributed by atoms with Gasteiger partial charge in [-0.05, 0) is 57.7 Å². The van der Waals surface area contributed by atoms with E-state index in [1.54, 1.807) is 23.8 Å². The molecule has 0 aliphatic carbocycles. The van der Waals surface area contributed by atoms with Crippen LogP contribution in [0.2, 0.25) is 0 Å². The van der Waals surface area contributed by atoms with Crippen molar-refractivity contribution >= 4 is 30.1 Å². The molecule has 8 nitrogen and oxygen atoms in total. The van der Waals surface area contributed by atoms with Crippen molar-refractivity contribution in [2.45, 2.75) is 46.0 Å². The van der Waals surface area contributed by atoms with E-state index in [0.717, 1.165) is 43.8 Å². The maximum Gasteiger partial charge on any atom is 0.251 e. The number of carbonyl (C=O) groups is 2. The summed E-state index contributed by atoms with van der Waals surface area (Å²) >= 11 is 0. The van der Waals surface area contributed by atoms with Gasteiger partial charge in [-0.15, -0.1) is 0 Å². The fraction of sp³-hybridized carbons (Fsp3) is 0.429. The molecule has 29 heavy (non-hydrogen) atoms. The molecule has 1 aromatic carbocycles. The summed E-state index contributed by atoms with van der Waals surface area (Å²) in [6.07, 6.45) is 6.79. The Bertz CT molecular complexity index is 714. The lowest BCUT2D eigenvalue weighted by atomic mass is 10.1. The molecular formula is C21H31N5O3. The average Bonchev–Trinajstić information content (AvgIpc) is 2.73. The predicted molar refractivity (Wildman–Crippen MR) is 117 cm³/mol. The molecule has 0 fully saturated rings. The van der Waals surface area contributed by atoms with Gasteiger partial charge in [-0.25, -0.2) is 10.5 Å². The predicted octanol–water partition coefficient (Wildman–Crippen LogP) is 3.29. The maximum atomic E-state index is 12.3. The number of benzene rings is 1. The third kappa shape index (κ3) is 9.16. The Balaban J connectivity index is 2.46. The standard InChI is InChI=1S/C21H31N5O3/c1-4-26(17(2)23-16-15-22-3)19-12-10-18(11-13-19)21(28)24-14-8-6-5-7-9-20(27)25-29/h10-13,15-16,29H,3-9,14H2,1-2H3,(H,24,28)(H,25,27)/b16-15-,23-17+. The second-order valence-corrected chi connectivity index (χ2v) is 6.40. The van der Waals surface area contributed by atoms with Gasteiger partial charge in [0.15, 0.2) is 0 Å². The number of amidine groups is 1. The first-order valence-electron chi connectivity index (χ1n) is 9.77. The van der Waals surface area contributed by atoms with Crippen LogP contribution in [-0.4, -0.2) is 42.7 Å². The van der Waals surface area contributed by atoms with Crippen LogP contribution in [0.25, 0.3) is 0 Å². The lowest BCUT2D eigenvalue weighted by Crippen LogP contribution is -2.28. The minimum absolute atomic E-state index is 0.107. The van der Waals surface area contributed by atoms with Crippen LogP contribution in [0.3, 0.4) is 0 Å². The highest BCUT2D eigenvalue weighted by molar-refractivity contribution is 5.98. The molecule has 0 aliphatic heterocycles. The Morgan fingerprint density at radius 2 is 1.83 bits per heavy atom. The molecule has 0 atom stereocenters. The summed E-state index contributed by atoms with van der Waals surface area (Å²) in [4.78, 5) is 33.1. The summed E-state index contributed by atoms with van der Waals surface area (Å²) in [5.41, 5.74) is 3.18. The smallest absolute Gasteiger partial charge is 0.251 e. The number of carbonyl (C=O) groups excluding carboxylic acids is 2. The van der Waals surface area contributed by atoms with E-state index in [0.29, 0.717) is 18.5 Å². The first-order valence-corrected chi connectivity index (χ1v) is 9.77. The van der Waals surface area contributed by atoms with E-state index in [-0.39, 0.29) is 11.8 Å². The van der Waals surface area contributed by atoms with Gasteiger partial charge < -0.3 is 10.2 Å². The highest BCUT2D eigenvalue weighted by atomic mass is 16.5. The Morgan fingerprint density at radius 1 is 1.14 bits per heavy atom. The monoisotopic (exact) mass is 401 g/mol. The van der Waals surface area contributed by atoms with E-state index in [1.165, 1.54) is 6.20 Å². The molecule has 1 aromatic rings. The van der Waals surface area contributed by atoms with Gasteiger partial charge in [0, 0.05) is 43.2 Å². The second-order valence-electron chi connectivity index (χ2n) is 6.40. The van der Waals surface area contributed by atoms with E-state index in [2.05, 4.69) is 22.0 Å². The molecule has 8 heteroatoms. The molecule has 0 aromatic heterocycles. The van der Waals surface area contributed by atoms with Crippen LogP contribution in [0.5, 0.6) is 0 Å². The lowest BCUT2D eigenvalue weighted by molar-refractivity contribution is -0.129. The quantitative estimate of drug-likeness (QED) is 0.164. The molecule has 0 bridgehead atoms. The topological polar surface area (TPSA) is 106 Å². The lowest BCUT2D eigenvalue weighted by Gasteiger charge is -2.22. The van der Waals surface area contributed by atoms with Crippen molar-refractivity contribution < 1.29 is 14.8 Å². The van der Waals surface area contributed by atoms with Crippen molar-refractivity contribution in [2.24, 2.45) is 9.98 Å². The Hall–Kier alpha value is -3.00. The van der Waals surface area contributed by atoms with E-state index < -0.39 is 0 Å². The summed E-state index contributed by atoms with van der Waals surface area (Å²) in [6, 6.07) is 7.41. The van der Waals surface area contributed by atoms with Crippen LogP contribution >= 0.6 is 0 Å². The summed E-state index contributed by atoms with van der Waals surface area (Å²) < 4.78 is 0. The SMILES string of the molecule is C=N/C=C\N=C(/C)N(CC)c1ccc(C(=O)NCCCCCCC(=O)NO)cc1. The van der Waals surface area contributed by atoms with Gasteiger partial charge in [-0.3, -0.25) is 19.8 Å². The summed E-state index contributed by atoms with van der Waals surface area (Å²) in [6.45, 7) is 8.65. The number of unbranched alkanes of at least 4 members (excludes halogenated alkanes) is 3. The number of hydrogen-bond acceptors (Lipinski definition) is 5. The minimum atomic E-state index is -0.366. The Morgan fingerprint density at radius 3 is 2.45 bits per heavy atom. The first-order chi connectivity index (χ1) is 14.0. The van der Waals surface area contributed by atoms with Gasteiger partial charge in [0.1, 0.15) is 5.84 Å². The average molecular weight is 402 g/mol. The summed E-state index contributed by atoms with van der Waals surface area (Å²) in [5.74, 6) is 0.348. The fourth-order valence-electron chi connectivity index (χ4n) is 2.77. The van der Waals surface area contributed by atoms with Gasteiger partial charge in [-0.1, -0.05) is 12.8 Å². The van der Waals surface area contributed by atoms with Crippen LogP contribution in [0, 0.1) is 0 Å². The van der Waals surface area contributed by atoms with Gasteiger partial charge in [-0.2, -0.15) is 0 Å².